The van der Waals surface area contributed by atoms with Gasteiger partial charge in [0.05, 0.1) is 23.9 Å². The van der Waals surface area contributed by atoms with Gasteiger partial charge in [0.15, 0.2) is 5.82 Å². The van der Waals surface area contributed by atoms with Gasteiger partial charge in [0.2, 0.25) is 0 Å². The third kappa shape index (κ3) is 2.87. The molecule has 1 unspecified atom stereocenters. The molecule has 1 aromatic carbocycles. The number of thiophene rings is 1. The largest absolute Gasteiger partial charge is 0.485 e. The number of hydrogen-bond acceptors (Lipinski definition) is 5. The smallest absolute Gasteiger partial charge is 0.281 e. The van der Waals surface area contributed by atoms with Crippen LogP contribution in [-0.2, 0) is 19.6 Å². The van der Waals surface area contributed by atoms with Gasteiger partial charge in [-0.05, 0) is 31.0 Å². The minimum atomic E-state index is -0.175. The lowest BCUT2D eigenvalue weighted by Crippen LogP contribution is -3.08. The van der Waals surface area contributed by atoms with Crippen molar-refractivity contribution >= 4 is 21.6 Å². The zero-order valence-corrected chi connectivity index (χ0v) is 16.1. The molecule has 0 aliphatic carbocycles. The number of nitrogens with zero attached hydrogens (tertiary/aromatic N) is 2. The minimum Gasteiger partial charge on any atom is -0.485 e. The molecule has 4 rings (SSSR count). The van der Waals surface area contributed by atoms with Crippen molar-refractivity contribution in [3.63, 3.8) is 0 Å². The van der Waals surface area contributed by atoms with E-state index in [4.69, 9.17) is 10.6 Å². The first-order valence-electron chi connectivity index (χ1n) is 8.76. The van der Waals surface area contributed by atoms with E-state index in [1.165, 1.54) is 15.3 Å². The van der Waals surface area contributed by atoms with Gasteiger partial charge in [0.25, 0.3) is 5.56 Å². The normalized spacial score (nSPS) is 16.7. The molecule has 6 nitrogen and oxygen atoms in total. The van der Waals surface area contributed by atoms with E-state index < -0.39 is 0 Å². The Bertz CT molecular complexity index is 1050. The first-order chi connectivity index (χ1) is 12.4. The lowest BCUT2D eigenvalue weighted by Gasteiger charge is -2.19. The van der Waals surface area contributed by atoms with Gasteiger partial charge in [-0.2, -0.15) is 0 Å². The van der Waals surface area contributed by atoms with Crippen molar-refractivity contribution < 1.29 is 9.64 Å². The lowest BCUT2D eigenvalue weighted by atomic mass is 10.1. The summed E-state index contributed by atoms with van der Waals surface area (Å²) in [6.45, 7) is 6.18. The van der Waals surface area contributed by atoms with Gasteiger partial charge in [-0.1, -0.05) is 17.7 Å². The number of rotatable bonds is 3. The van der Waals surface area contributed by atoms with Crippen LogP contribution in [0.15, 0.2) is 23.0 Å². The third-order valence-electron chi connectivity index (χ3n) is 4.96. The van der Waals surface area contributed by atoms with E-state index in [1.54, 1.807) is 11.3 Å². The maximum atomic E-state index is 12.8. The number of nitrogens with one attached hydrogen (secondary N) is 1. The van der Waals surface area contributed by atoms with Crippen LogP contribution in [0.4, 0.5) is 0 Å². The van der Waals surface area contributed by atoms with Crippen LogP contribution in [0.25, 0.3) is 10.2 Å². The van der Waals surface area contributed by atoms with Gasteiger partial charge >= 0.3 is 0 Å². The predicted molar refractivity (Wildman–Crippen MR) is 103 cm³/mol. The number of quaternary nitrogens is 1. The molecule has 0 fully saturated rings. The summed E-state index contributed by atoms with van der Waals surface area (Å²) in [5, 5.41) is 0.690. The highest BCUT2D eigenvalue weighted by molar-refractivity contribution is 7.18. The Morgan fingerprint density at radius 2 is 2.19 bits per heavy atom. The number of nitrogens with two attached hydrogens (primary N) is 1. The summed E-state index contributed by atoms with van der Waals surface area (Å²) in [5.41, 5.74) is 3.19. The Morgan fingerprint density at radius 3 is 2.96 bits per heavy atom. The average molecular weight is 371 g/mol. The maximum absolute atomic E-state index is 12.8. The Labute approximate surface area is 155 Å². The summed E-state index contributed by atoms with van der Waals surface area (Å²) in [5.74, 6) is 7.28. The molecule has 136 valence electrons. The van der Waals surface area contributed by atoms with E-state index in [9.17, 15) is 4.79 Å². The fourth-order valence-corrected chi connectivity index (χ4v) is 4.86. The van der Waals surface area contributed by atoms with Crippen molar-refractivity contribution in [1.29, 1.82) is 0 Å². The Balaban J connectivity index is 1.70. The van der Waals surface area contributed by atoms with Gasteiger partial charge in [-0.3, -0.25) is 4.79 Å². The molecule has 1 aliphatic heterocycles. The number of ether oxygens (including phenoxy) is 1. The summed E-state index contributed by atoms with van der Waals surface area (Å²) in [7, 11) is 2.17. The molecule has 2 aromatic heterocycles. The van der Waals surface area contributed by atoms with Crippen LogP contribution in [-0.4, -0.2) is 23.3 Å². The quantitative estimate of drug-likeness (QED) is 0.672. The highest BCUT2D eigenvalue weighted by atomic mass is 32.1. The molecule has 0 radical (unpaired) electrons. The summed E-state index contributed by atoms with van der Waals surface area (Å²) < 4.78 is 7.02. The zero-order valence-electron chi connectivity index (χ0n) is 15.3. The van der Waals surface area contributed by atoms with Crippen molar-refractivity contribution in [2.45, 2.75) is 33.4 Å². The number of likely N-dealkylation sites (N-methyl/N-ethyl adjacent to an activating group) is 1. The van der Waals surface area contributed by atoms with Crippen LogP contribution >= 0.6 is 11.3 Å². The van der Waals surface area contributed by atoms with Crippen molar-refractivity contribution in [2.75, 3.05) is 19.4 Å². The second-order valence-electron chi connectivity index (χ2n) is 7.08. The Kier molecular flexibility index (Phi) is 4.20. The van der Waals surface area contributed by atoms with Gasteiger partial charge in [0, 0.05) is 6.42 Å². The van der Waals surface area contributed by atoms with E-state index in [2.05, 4.69) is 18.1 Å². The number of benzene rings is 1. The lowest BCUT2D eigenvalue weighted by molar-refractivity contribution is -0.895. The zero-order chi connectivity index (χ0) is 18.4. The van der Waals surface area contributed by atoms with Crippen LogP contribution in [0.1, 0.15) is 27.4 Å². The van der Waals surface area contributed by atoms with Crippen LogP contribution in [0, 0.1) is 13.8 Å². The summed E-state index contributed by atoms with van der Waals surface area (Å²) in [4.78, 5) is 21.0. The molecule has 26 heavy (non-hydrogen) atoms. The number of nitrogen functional groups attached to an aromatic ring is 1. The molecular formula is C19H23N4O2S+. The Morgan fingerprint density at radius 1 is 1.38 bits per heavy atom. The molecule has 0 saturated carbocycles. The highest BCUT2D eigenvalue weighted by Gasteiger charge is 2.25. The minimum absolute atomic E-state index is 0.166. The molecule has 0 saturated heterocycles. The van der Waals surface area contributed by atoms with Crippen molar-refractivity contribution in [3.8, 4) is 5.75 Å². The van der Waals surface area contributed by atoms with E-state index in [0.29, 0.717) is 11.2 Å². The van der Waals surface area contributed by atoms with Crippen molar-refractivity contribution in [2.24, 2.45) is 0 Å². The molecule has 1 aliphatic rings. The number of aryl methyl sites for hydroxylation is 2. The standard InChI is InChI=1S/C19H22N4O2S/c1-11-4-5-14(12(2)8-11)25-10-16-21-18-17(19(24)23(16)20)13-6-7-22(3)9-15(13)26-18/h4-5,8H,6-7,9-10,20H2,1-3H3/p+1. The van der Waals surface area contributed by atoms with Crippen LogP contribution in [0.3, 0.4) is 0 Å². The predicted octanol–water partition coefficient (Wildman–Crippen LogP) is 0.938. The van der Waals surface area contributed by atoms with Gasteiger partial charge < -0.3 is 15.5 Å². The van der Waals surface area contributed by atoms with Crippen LogP contribution in [0.5, 0.6) is 5.75 Å². The number of hydrogen-bond donors (Lipinski definition) is 2. The fraction of sp³-hybridized carbons (Fsp3) is 0.368. The molecular weight excluding hydrogens is 348 g/mol. The van der Waals surface area contributed by atoms with Gasteiger partial charge in [-0.25, -0.2) is 9.66 Å². The van der Waals surface area contributed by atoms with Gasteiger partial charge in [-0.15, -0.1) is 11.3 Å². The topological polar surface area (TPSA) is 74.6 Å². The van der Waals surface area contributed by atoms with Gasteiger partial charge in [0.1, 0.15) is 23.7 Å². The first kappa shape index (κ1) is 17.1. The molecule has 7 heteroatoms. The Hall–Kier alpha value is -2.38. The van der Waals surface area contributed by atoms with E-state index in [0.717, 1.165) is 45.9 Å². The summed E-state index contributed by atoms with van der Waals surface area (Å²) >= 11 is 1.61. The third-order valence-corrected chi connectivity index (χ3v) is 6.09. The molecule has 0 amide bonds. The van der Waals surface area contributed by atoms with E-state index >= 15 is 0 Å². The van der Waals surface area contributed by atoms with E-state index in [1.807, 2.05) is 26.0 Å². The molecule has 0 bridgehead atoms. The number of fused-ring (bicyclic) bond motifs is 3. The molecule has 3 N–H and O–H groups in total. The highest BCUT2D eigenvalue weighted by Crippen LogP contribution is 2.29. The van der Waals surface area contributed by atoms with E-state index in [-0.39, 0.29) is 12.2 Å². The van der Waals surface area contributed by atoms with Crippen LogP contribution in [0.2, 0.25) is 0 Å². The molecule has 3 aromatic rings. The van der Waals surface area contributed by atoms with Crippen molar-refractivity contribution in [1.82, 2.24) is 9.66 Å². The average Bonchev–Trinajstić information content (AvgIpc) is 2.95. The second-order valence-corrected chi connectivity index (χ2v) is 8.16. The van der Waals surface area contributed by atoms with Crippen molar-refractivity contribution in [3.05, 3.63) is 55.9 Å². The summed E-state index contributed by atoms with van der Waals surface area (Å²) in [6, 6.07) is 6.00. The summed E-state index contributed by atoms with van der Waals surface area (Å²) in [6.07, 6.45) is 0.899. The number of aromatic nitrogens is 2. The molecule has 0 spiro atoms. The first-order valence-corrected chi connectivity index (χ1v) is 9.58. The fourth-order valence-electron chi connectivity index (χ4n) is 3.52. The monoisotopic (exact) mass is 371 g/mol. The second kappa shape index (κ2) is 6.41. The molecule has 1 atom stereocenters. The SMILES string of the molecule is Cc1ccc(OCc2nc3sc4c(c3c(=O)n2N)CC[NH+](C)C4)c(C)c1. The maximum Gasteiger partial charge on any atom is 0.281 e. The van der Waals surface area contributed by atoms with Crippen LogP contribution < -0.4 is 21.0 Å². The molecule has 3 heterocycles.